The van der Waals surface area contributed by atoms with Crippen LogP contribution in [0.5, 0.6) is 0 Å². The third-order valence-corrected chi connectivity index (χ3v) is 12.2. The molecule has 3 fully saturated rings. The van der Waals surface area contributed by atoms with Crippen LogP contribution < -0.4 is 5.73 Å². The Hall–Kier alpha value is -0.390. The molecule has 0 aromatic carbocycles. The third-order valence-electron chi connectivity index (χ3n) is 10.9. The number of hydrogen-bond acceptors (Lipinski definition) is 4. The molecule has 8 atom stereocenters. The zero-order chi connectivity index (χ0) is 24.7. The Balaban J connectivity index is 1.45. The molecule has 0 aromatic rings. The van der Waals surface area contributed by atoms with Crippen LogP contribution in [0.15, 0.2) is 11.6 Å². The molecule has 2 N–H and O–H groups in total. The second-order valence-corrected chi connectivity index (χ2v) is 15.0. The lowest BCUT2D eigenvalue weighted by Crippen LogP contribution is -2.51. The number of nitrogens with two attached hydrogens (primary N) is 1. The van der Waals surface area contributed by atoms with Gasteiger partial charge in [0, 0.05) is 6.54 Å². The van der Waals surface area contributed by atoms with Gasteiger partial charge < -0.3 is 5.73 Å². The molecule has 4 aliphatic carbocycles. The maximum atomic E-state index is 12.2. The van der Waals surface area contributed by atoms with Crippen LogP contribution in [0.25, 0.3) is 0 Å². The highest BCUT2D eigenvalue weighted by Crippen LogP contribution is 2.67. The van der Waals surface area contributed by atoms with Crippen LogP contribution in [0.4, 0.5) is 0 Å². The van der Waals surface area contributed by atoms with Gasteiger partial charge in [0.05, 0.1) is 11.9 Å². The molecule has 0 amide bonds. The summed E-state index contributed by atoms with van der Waals surface area (Å²) in [6.45, 7) is 12.5. The van der Waals surface area contributed by atoms with E-state index in [1.165, 1.54) is 56.9 Å². The molecular weight excluding hydrogens is 442 g/mol. The molecule has 0 spiro atoms. The van der Waals surface area contributed by atoms with Crippen molar-refractivity contribution < 1.29 is 12.6 Å². The quantitative estimate of drug-likeness (QED) is 0.286. The van der Waals surface area contributed by atoms with Gasteiger partial charge in [-0.25, -0.2) is 0 Å². The van der Waals surface area contributed by atoms with Crippen molar-refractivity contribution >= 4 is 10.1 Å². The lowest BCUT2D eigenvalue weighted by atomic mass is 9.47. The van der Waals surface area contributed by atoms with Gasteiger partial charge in [0.25, 0.3) is 10.1 Å². The van der Waals surface area contributed by atoms with Crippen molar-refractivity contribution in [2.75, 3.05) is 12.3 Å². The summed E-state index contributed by atoms with van der Waals surface area (Å²) in [5.41, 5.74) is 7.68. The average molecular weight is 494 g/mol. The molecule has 0 radical (unpaired) electrons. The van der Waals surface area contributed by atoms with Crippen molar-refractivity contribution in [3.05, 3.63) is 11.6 Å². The van der Waals surface area contributed by atoms with Gasteiger partial charge in [0.1, 0.15) is 0 Å². The first kappa shape index (κ1) is 26.7. The smallest absolute Gasteiger partial charge is 0.268 e. The Morgan fingerprint density at radius 3 is 2.53 bits per heavy atom. The summed E-state index contributed by atoms with van der Waals surface area (Å²) in [6.07, 6.45) is 15.9. The molecule has 4 aliphatic rings. The molecular formula is C29H51NO3S. The molecule has 0 aromatic heterocycles. The van der Waals surface area contributed by atoms with Crippen molar-refractivity contribution in [1.29, 1.82) is 0 Å². The standard InChI is InChI=1S/C29H51NO3S/c1-20(2)7-6-8-21(3)25-11-12-26-24-10-9-22-19-23(33-34(31,32)18-17-30)13-15-28(22,4)27(24)14-16-29(25,26)5/h9,20-21,23-27H,6-8,10-19,30H2,1-5H3/t21-,23?,24+,25-,26+,27+,28+,29-/m1/s1. The van der Waals surface area contributed by atoms with Gasteiger partial charge in [-0.2, -0.15) is 8.42 Å². The average Bonchev–Trinajstić information content (AvgIpc) is 3.10. The molecule has 0 heterocycles. The Kier molecular flexibility index (Phi) is 7.97. The molecule has 1 unspecified atom stereocenters. The van der Waals surface area contributed by atoms with Crippen LogP contribution in [0.1, 0.15) is 105 Å². The Morgan fingerprint density at radius 2 is 1.82 bits per heavy atom. The maximum absolute atomic E-state index is 12.2. The van der Waals surface area contributed by atoms with E-state index in [1.807, 2.05) is 0 Å². The number of hydrogen-bond donors (Lipinski definition) is 1. The molecule has 34 heavy (non-hydrogen) atoms. The zero-order valence-electron chi connectivity index (χ0n) is 22.5. The Labute approximate surface area is 210 Å². The lowest BCUT2D eigenvalue weighted by Gasteiger charge is -2.58. The fourth-order valence-electron chi connectivity index (χ4n) is 9.13. The predicted octanol–water partition coefficient (Wildman–Crippen LogP) is 6.70. The van der Waals surface area contributed by atoms with E-state index in [-0.39, 0.29) is 23.8 Å². The van der Waals surface area contributed by atoms with E-state index in [9.17, 15) is 8.42 Å². The topological polar surface area (TPSA) is 69.4 Å². The van der Waals surface area contributed by atoms with E-state index >= 15 is 0 Å². The van der Waals surface area contributed by atoms with Gasteiger partial charge in [-0.1, -0.05) is 65.5 Å². The summed E-state index contributed by atoms with van der Waals surface area (Å²) < 4.78 is 30.0. The summed E-state index contributed by atoms with van der Waals surface area (Å²) in [5, 5.41) is 0. The highest BCUT2D eigenvalue weighted by atomic mass is 32.2. The van der Waals surface area contributed by atoms with Gasteiger partial charge in [0.15, 0.2) is 0 Å². The van der Waals surface area contributed by atoms with Gasteiger partial charge >= 0.3 is 0 Å². The molecule has 4 nitrogen and oxygen atoms in total. The van der Waals surface area contributed by atoms with E-state index < -0.39 is 10.1 Å². The van der Waals surface area contributed by atoms with E-state index in [4.69, 9.17) is 9.92 Å². The third kappa shape index (κ3) is 5.05. The zero-order valence-corrected chi connectivity index (χ0v) is 23.3. The van der Waals surface area contributed by atoms with Crippen LogP contribution in [0, 0.1) is 46.3 Å². The van der Waals surface area contributed by atoms with Crippen LogP contribution in [0.2, 0.25) is 0 Å². The van der Waals surface area contributed by atoms with Crippen molar-refractivity contribution in [2.24, 2.45) is 52.1 Å². The highest BCUT2D eigenvalue weighted by Gasteiger charge is 2.59. The molecule has 4 rings (SSSR count). The minimum absolute atomic E-state index is 0.0815. The number of allylic oxidation sites excluding steroid dienone is 1. The van der Waals surface area contributed by atoms with Crippen molar-refractivity contribution in [1.82, 2.24) is 0 Å². The van der Waals surface area contributed by atoms with Gasteiger partial charge in [-0.3, -0.25) is 4.18 Å². The largest absolute Gasteiger partial charge is 0.329 e. The fraction of sp³-hybridized carbons (Fsp3) is 0.931. The summed E-state index contributed by atoms with van der Waals surface area (Å²) in [7, 11) is -3.51. The van der Waals surface area contributed by atoms with E-state index in [2.05, 4.69) is 40.7 Å². The van der Waals surface area contributed by atoms with E-state index in [0.29, 0.717) is 5.41 Å². The summed E-state index contributed by atoms with van der Waals surface area (Å²) >= 11 is 0. The maximum Gasteiger partial charge on any atom is 0.268 e. The predicted molar refractivity (Wildman–Crippen MR) is 141 cm³/mol. The van der Waals surface area contributed by atoms with Crippen molar-refractivity contribution in [3.63, 3.8) is 0 Å². The molecule has 0 saturated heterocycles. The van der Waals surface area contributed by atoms with Gasteiger partial charge in [0.2, 0.25) is 0 Å². The van der Waals surface area contributed by atoms with Crippen LogP contribution in [-0.2, 0) is 14.3 Å². The van der Waals surface area contributed by atoms with Crippen molar-refractivity contribution in [3.8, 4) is 0 Å². The number of rotatable bonds is 9. The minimum Gasteiger partial charge on any atom is -0.329 e. The van der Waals surface area contributed by atoms with Crippen LogP contribution >= 0.6 is 0 Å². The molecule has 0 aliphatic heterocycles. The van der Waals surface area contributed by atoms with Crippen LogP contribution in [0.3, 0.4) is 0 Å². The lowest BCUT2D eigenvalue weighted by molar-refractivity contribution is -0.0556. The monoisotopic (exact) mass is 493 g/mol. The normalized spacial score (nSPS) is 40.9. The highest BCUT2D eigenvalue weighted by molar-refractivity contribution is 7.86. The summed E-state index contributed by atoms with van der Waals surface area (Å²) in [4.78, 5) is 0. The first-order valence-corrected chi connectivity index (χ1v) is 15.9. The van der Waals surface area contributed by atoms with E-state index in [0.717, 1.165) is 54.8 Å². The summed E-state index contributed by atoms with van der Waals surface area (Å²) in [6, 6.07) is 0. The SMILES string of the molecule is CC(C)CCC[C@@H](C)[C@H]1CC[C@H]2[C@@H]3CC=C4CC(OS(=O)(=O)CCN)CC[C@]4(C)[C@H]3CC[C@]12C. The van der Waals surface area contributed by atoms with Gasteiger partial charge in [-0.05, 0) is 97.7 Å². The Bertz CT molecular complexity index is 851. The van der Waals surface area contributed by atoms with Gasteiger partial charge in [-0.15, -0.1) is 0 Å². The molecule has 196 valence electrons. The molecule has 0 bridgehead atoms. The fourth-order valence-corrected chi connectivity index (χ4v) is 10.1. The van der Waals surface area contributed by atoms with Crippen molar-refractivity contribution in [2.45, 2.75) is 111 Å². The minimum atomic E-state index is -3.51. The van der Waals surface area contributed by atoms with E-state index in [1.54, 1.807) is 0 Å². The molecule has 5 heteroatoms. The second kappa shape index (κ2) is 10.2. The first-order valence-electron chi connectivity index (χ1n) is 14.3. The second-order valence-electron chi connectivity index (χ2n) is 13.3. The van der Waals surface area contributed by atoms with Crippen LogP contribution in [-0.4, -0.2) is 26.8 Å². The Morgan fingerprint density at radius 1 is 1.06 bits per heavy atom. The number of fused-ring (bicyclic) bond motifs is 5. The molecule has 3 saturated carbocycles. The summed E-state index contributed by atoms with van der Waals surface area (Å²) in [5.74, 6) is 4.89. The first-order chi connectivity index (χ1) is 16.0.